The minimum Gasteiger partial charge on any atom is -0.456 e. The third-order valence-corrected chi connectivity index (χ3v) is 10.0. The van der Waals surface area contributed by atoms with E-state index in [1.54, 1.807) is 0 Å². The summed E-state index contributed by atoms with van der Waals surface area (Å²) in [6.07, 6.45) is 1.09. The van der Waals surface area contributed by atoms with E-state index in [4.69, 9.17) is 8.85 Å². The summed E-state index contributed by atoms with van der Waals surface area (Å²) in [6, 6.07) is 0. The van der Waals surface area contributed by atoms with Gasteiger partial charge in [0.05, 0.1) is 6.61 Å². The molecule has 0 bridgehead atoms. The van der Waals surface area contributed by atoms with Crippen molar-refractivity contribution < 1.29 is 8.85 Å². The number of ether oxygens (including phenoxy) is 1. The normalized spacial score (nSPS) is 14.8. The fraction of sp³-hybridized carbons (Fsp3) is 0.846. The Morgan fingerprint density at radius 1 is 1.18 bits per heavy atom. The van der Waals surface area contributed by atoms with Gasteiger partial charge in [-0.1, -0.05) is 19.1 Å². The molecule has 0 spiro atoms. The lowest BCUT2D eigenvalue weighted by molar-refractivity contribution is 0.151. The van der Waals surface area contributed by atoms with Crippen LogP contribution in [0.25, 0.3) is 0 Å². The molecule has 0 aliphatic carbocycles. The highest BCUT2D eigenvalue weighted by Gasteiger charge is 2.34. The highest BCUT2D eigenvalue weighted by Crippen LogP contribution is 2.28. The predicted octanol–water partition coefficient (Wildman–Crippen LogP) is 4.42. The second kappa shape index (κ2) is 6.87. The maximum atomic E-state index is 6.37. The van der Waals surface area contributed by atoms with Crippen molar-refractivity contribution in [1.29, 1.82) is 0 Å². The molecule has 0 heterocycles. The van der Waals surface area contributed by atoms with Crippen LogP contribution in [0.15, 0.2) is 12.2 Å². The Morgan fingerprint density at radius 3 is 2.12 bits per heavy atom. The van der Waals surface area contributed by atoms with Crippen LogP contribution in [-0.4, -0.2) is 29.8 Å². The molecule has 0 aromatic carbocycles. The van der Waals surface area contributed by atoms with Gasteiger partial charge in [-0.15, -0.1) is 0 Å². The Bertz CT molecular complexity index is 244. The molecule has 17 heavy (non-hydrogen) atoms. The molecular formula is C13H30O2Si2. The molecule has 0 fully saturated rings. The lowest BCUT2D eigenvalue weighted by atomic mass is 10.3. The third kappa shape index (κ3) is 8.77. The predicted molar refractivity (Wildman–Crippen MR) is 81.6 cm³/mol. The van der Waals surface area contributed by atoms with Crippen molar-refractivity contribution in [3.05, 3.63) is 12.2 Å². The molecule has 0 aliphatic heterocycles. The van der Waals surface area contributed by atoms with Crippen LogP contribution in [-0.2, 0) is 8.85 Å². The van der Waals surface area contributed by atoms with Gasteiger partial charge >= 0.3 is 0 Å². The highest BCUT2D eigenvalue weighted by atomic mass is 28.4. The van der Waals surface area contributed by atoms with Crippen LogP contribution < -0.4 is 0 Å². The molecule has 0 aromatic rings. The van der Waals surface area contributed by atoms with Gasteiger partial charge in [0.15, 0.2) is 16.6 Å². The monoisotopic (exact) mass is 274 g/mol. The summed E-state index contributed by atoms with van der Waals surface area (Å²) >= 11 is 0. The average Bonchev–Trinajstić information content (AvgIpc) is 2.07. The fourth-order valence-corrected chi connectivity index (χ4v) is 9.67. The zero-order valence-electron chi connectivity index (χ0n) is 12.7. The van der Waals surface area contributed by atoms with Gasteiger partial charge in [-0.2, -0.15) is 0 Å². The van der Waals surface area contributed by atoms with Crippen LogP contribution in [0.4, 0.5) is 0 Å². The van der Waals surface area contributed by atoms with Crippen molar-refractivity contribution >= 4 is 16.6 Å². The van der Waals surface area contributed by atoms with E-state index in [1.807, 2.05) is 6.92 Å². The first kappa shape index (κ1) is 17.1. The molecule has 0 radical (unpaired) electrons. The second-order valence-corrected chi connectivity index (χ2v) is 15.8. The van der Waals surface area contributed by atoms with Gasteiger partial charge in [-0.3, -0.25) is 0 Å². The first-order valence-corrected chi connectivity index (χ1v) is 12.9. The minimum absolute atomic E-state index is 0.638. The zero-order valence-corrected chi connectivity index (χ0v) is 14.7. The molecule has 0 rings (SSSR count). The summed E-state index contributed by atoms with van der Waals surface area (Å²) in [5.74, 6) is 0. The van der Waals surface area contributed by atoms with Gasteiger partial charge in [-0.05, 0) is 51.6 Å². The third-order valence-electron chi connectivity index (χ3n) is 2.80. The lowest BCUT2D eigenvalue weighted by Crippen LogP contribution is -2.45. The van der Waals surface area contributed by atoms with E-state index < -0.39 is 16.6 Å². The highest BCUT2D eigenvalue weighted by molar-refractivity contribution is 6.84. The van der Waals surface area contributed by atoms with Crippen LogP contribution in [0.3, 0.4) is 0 Å². The maximum absolute atomic E-state index is 6.37. The largest absolute Gasteiger partial charge is 0.456 e. The van der Waals surface area contributed by atoms with Gasteiger partial charge in [0, 0.05) is 6.61 Å². The van der Waals surface area contributed by atoms with Crippen LogP contribution in [0.5, 0.6) is 0 Å². The molecule has 0 aromatic heterocycles. The average molecular weight is 275 g/mol. The van der Waals surface area contributed by atoms with E-state index in [2.05, 4.69) is 46.2 Å². The van der Waals surface area contributed by atoms with E-state index in [0.29, 0.717) is 12.1 Å². The molecule has 4 heteroatoms. The van der Waals surface area contributed by atoms with Gasteiger partial charge in [0.2, 0.25) is 0 Å². The van der Waals surface area contributed by atoms with Crippen molar-refractivity contribution in [1.82, 2.24) is 0 Å². The molecule has 0 saturated carbocycles. The standard InChI is InChI=1S/C13H30O2Si2/c1-12(2)11-14-10-9-13(3)17(7,8)15-16(4,5)6/h13H,1,9-11H2,2-8H3. The van der Waals surface area contributed by atoms with E-state index >= 15 is 0 Å². The zero-order chi connectivity index (χ0) is 13.7. The smallest absolute Gasteiger partial charge is 0.176 e. The second-order valence-electron chi connectivity index (χ2n) is 6.52. The molecule has 2 nitrogen and oxygen atoms in total. The SMILES string of the molecule is C=C(C)COCCC(C)[Si](C)(C)O[Si](C)(C)C. The first-order chi connectivity index (χ1) is 7.54. The maximum Gasteiger partial charge on any atom is 0.176 e. The van der Waals surface area contributed by atoms with Crippen molar-refractivity contribution in [2.75, 3.05) is 13.2 Å². The van der Waals surface area contributed by atoms with Gasteiger partial charge < -0.3 is 8.85 Å². The minimum atomic E-state index is -1.56. The Morgan fingerprint density at radius 2 is 1.71 bits per heavy atom. The number of hydrogen-bond donors (Lipinski definition) is 0. The quantitative estimate of drug-likeness (QED) is 0.371. The Balaban J connectivity index is 4.03. The molecule has 0 saturated heterocycles. The molecule has 0 N–H and O–H groups in total. The van der Waals surface area contributed by atoms with Crippen molar-refractivity contribution in [2.24, 2.45) is 0 Å². The van der Waals surface area contributed by atoms with Crippen molar-refractivity contribution in [2.45, 2.75) is 58.5 Å². The molecule has 1 atom stereocenters. The molecule has 1 unspecified atom stereocenters. The summed E-state index contributed by atoms with van der Waals surface area (Å²) in [7, 11) is -2.97. The van der Waals surface area contributed by atoms with Gasteiger partial charge in [-0.25, -0.2) is 0 Å². The Labute approximate surface area is 110 Å². The molecule has 0 aliphatic rings. The van der Waals surface area contributed by atoms with Crippen molar-refractivity contribution in [3.8, 4) is 0 Å². The van der Waals surface area contributed by atoms with Crippen molar-refractivity contribution in [3.63, 3.8) is 0 Å². The number of hydrogen-bond acceptors (Lipinski definition) is 2. The first-order valence-electron chi connectivity index (χ1n) is 6.47. The van der Waals surface area contributed by atoms with Crippen LogP contribution in [0.1, 0.15) is 20.3 Å². The van der Waals surface area contributed by atoms with Crippen LogP contribution >= 0.6 is 0 Å². The molecule has 102 valence electrons. The lowest BCUT2D eigenvalue weighted by Gasteiger charge is -2.36. The summed E-state index contributed by atoms with van der Waals surface area (Å²) in [4.78, 5) is 0. The van der Waals surface area contributed by atoms with Gasteiger partial charge in [0.25, 0.3) is 0 Å². The van der Waals surface area contributed by atoms with Crippen LogP contribution in [0.2, 0.25) is 38.3 Å². The van der Waals surface area contributed by atoms with E-state index in [0.717, 1.165) is 18.6 Å². The summed E-state index contributed by atoms with van der Waals surface area (Å²) in [5, 5.41) is 0. The molecular weight excluding hydrogens is 244 g/mol. The van der Waals surface area contributed by atoms with E-state index in [1.165, 1.54) is 0 Å². The Kier molecular flexibility index (Phi) is 6.91. The Hall–Kier alpha value is 0.0938. The van der Waals surface area contributed by atoms with E-state index in [9.17, 15) is 0 Å². The topological polar surface area (TPSA) is 18.5 Å². The summed E-state index contributed by atoms with van der Waals surface area (Å²) < 4.78 is 11.9. The van der Waals surface area contributed by atoms with Gasteiger partial charge in [0.1, 0.15) is 0 Å². The van der Waals surface area contributed by atoms with E-state index in [-0.39, 0.29) is 0 Å². The summed E-state index contributed by atoms with van der Waals surface area (Å²) in [5.41, 5.74) is 1.73. The fourth-order valence-electron chi connectivity index (χ4n) is 1.74. The summed E-state index contributed by atoms with van der Waals surface area (Å²) in [6.45, 7) is 21.1. The molecule has 0 amide bonds. The number of rotatable bonds is 8. The van der Waals surface area contributed by atoms with Crippen LogP contribution in [0, 0.1) is 0 Å².